The quantitative estimate of drug-likeness (QED) is 0.711. The highest BCUT2D eigenvalue weighted by Crippen LogP contribution is 2.42. The van der Waals surface area contributed by atoms with E-state index < -0.39 is 16.2 Å². The molecule has 5 heteroatoms. The summed E-state index contributed by atoms with van der Waals surface area (Å²) in [5.74, 6) is 0. The number of fused-ring (bicyclic) bond motifs is 3. The molecule has 4 nitrogen and oxygen atoms in total. The summed E-state index contributed by atoms with van der Waals surface area (Å²) >= 11 is 0. The standard InChI is InChI=1S/C15H14O4S/c1-9(16)15-13-8-10-4-2-3-5-11(10)12(13)6-7-14(15)20(17,18)19/h2-7,9,16H,8H2,1H3,(H,17,18,19). The summed E-state index contributed by atoms with van der Waals surface area (Å²) in [5.41, 5.74) is 4.13. The molecule has 0 saturated carbocycles. The molecule has 0 bridgehead atoms. The number of aliphatic hydroxyl groups excluding tert-OH is 1. The van der Waals surface area contributed by atoms with Crippen LogP contribution < -0.4 is 0 Å². The normalized spacial score (nSPS) is 14.8. The van der Waals surface area contributed by atoms with E-state index in [4.69, 9.17) is 0 Å². The Labute approximate surface area is 117 Å². The van der Waals surface area contributed by atoms with E-state index in [9.17, 15) is 18.1 Å². The Morgan fingerprint density at radius 2 is 1.80 bits per heavy atom. The van der Waals surface area contributed by atoms with E-state index in [0.717, 1.165) is 22.3 Å². The van der Waals surface area contributed by atoms with Crippen LogP contribution in [0, 0.1) is 0 Å². The van der Waals surface area contributed by atoms with Crippen molar-refractivity contribution >= 4 is 10.1 Å². The van der Waals surface area contributed by atoms with Crippen LogP contribution >= 0.6 is 0 Å². The molecule has 1 aliphatic rings. The third-order valence-corrected chi connectivity index (χ3v) is 4.60. The van der Waals surface area contributed by atoms with Gasteiger partial charge in [0.1, 0.15) is 0 Å². The molecule has 1 aliphatic carbocycles. The highest BCUT2D eigenvalue weighted by Gasteiger charge is 2.28. The largest absolute Gasteiger partial charge is 0.389 e. The van der Waals surface area contributed by atoms with Crippen LogP contribution in [0.15, 0.2) is 41.3 Å². The highest BCUT2D eigenvalue weighted by molar-refractivity contribution is 7.85. The van der Waals surface area contributed by atoms with E-state index in [1.807, 2.05) is 24.3 Å². The highest BCUT2D eigenvalue weighted by atomic mass is 32.2. The van der Waals surface area contributed by atoms with Gasteiger partial charge in [-0.1, -0.05) is 30.3 Å². The minimum absolute atomic E-state index is 0.209. The number of hydrogen-bond acceptors (Lipinski definition) is 3. The van der Waals surface area contributed by atoms with Crippen molar-refractivity contribution in [3.05, 3.63) is 53.1 Å². The van der Waals surface area contributed by atoms with E-state index in [-0.39, 0.29) is 4.90 Å². The summed E-state index contributed by atoms with van der Waals surface area (Å²) in [6, 6.07) is 10.9. The Balaban J connectivity index is 2.33. The summed E-state index contributed by atoms with van der Waals surface area (Å²) in [4.78, 5) is -0.209. The van der Waals surface area contributed by atoms with Gasteiger partial charge in [0, 0.05) is 5.56 Å². The smallest absolute Gasteiger partial charge is 0.294 e. The van der Waals surface area contributed by atoms with Gasteiger partial charge in [-0.15, -0.1) is 0 Å². The molecule has 0 aromatic heterocycles. The number of hydrogen-bond donors (Lipinski definition) is 2. The van der Waals surface area contributed by atoms with Gasteiger partial charge in [-0.05, 0) is 41.7 Å². The molecule has 0 aliphatic heterocycles. The summed E-state index contributed by atoms with van der Waals surface area (Å²) in [6.07, 6.45) is -0.397. The summed E-state index contributed by atoms with van der Waals surface area (Å²) in [6.45, 7) is 1.51. The fourth-order valence-electron chi connectivity index (χ4n) is 2.90. The molecule has 1 atom stereocenters. The van der Waals surface area contributed by atoms with Gasteiger partial charge in [0.2, 0.25) is 0 Å². The van der Waals surface area contributed by atoms with Crippen LogP contribution in [0.4, 0.5) is 0 Å². The number of benzene rings is 2. The first-order valence-electron chi connectivity index (χ1n) is 6.29. The Bertz CT molecular complexity index is 792. The monoisotopic (exact) mass is 290 g/mol. The van der Waals surface area contributed by atoms with Crippen LogP contribution in [0.1, 0.15) is 29.7 Å². The zero-order valence-electron chi connectivity index (χ0n) is 10.9. The first-order chi connectivity index (χ1) is 9.39. The van der Waals surface area contributed by atoms with Crippen LogP contribution in [0.2, 0.25) is 0 Å². The van der Waals surface area contributed by atoms with Gasteiger partial charge < -0.3 is 5.11 Å². The van der Waals surface area contributed by atoms with E-state index in [2.05, 4.69) is 0 Å². The Morgan fingerprint density at radius 3 is 2.45 bits per heavy atom. The molecule has 0 fully saturated rings. The fourth-order valence-corrected chi connectivity index (χ4v) is 3.71. The van der Waals surface area contributed by atoms with Crippen molar-refractivity contribution in [3.63, 3.8) is 0 Å². The fraction of sp³-hybridized carbons (Fsp3) is 0.200. The molecule has 0 amide bonds. The Kier molecular flexibility index (Phi) is 2.93. The maximum absolute atomic E-state index is 11.5. The van der Waals surface area contributed by atoms with Crippen molar-refractivity contribution in [3.8, 4) is 11.1 Å². The second-order valence-corrected chi connectivity index (χ2v) is 6.38. The lowest BCUT2D eigenvalue weighted by Gasteiger charge is -2.15. The Hall–Kier alpha value is -1.69. The minimum Gasteiger partial charge on any atom is -0.389 e. The summed E-state index contributed by atoms with van der Waals surface area (Å²) in [7, 11) is -4.35. The molecular formula is C15H14O4S. The molecular weight excluding hydrogens is 276 g/mol. The predicted molar refractivity (Wildman–Crippen MR) is 75.1 cm³/mol. The topological polar surface area (TPSA) is 74.6 Å². The van der Waals surface area contributed by atoms with Gasteiger partial charge in [0.25, 0.3) is 10.1 Å². The van der Waals surface area contributed by atoms with E-state index >= 15 is 0 Å². The lowest BCUT2D eigenvalue weighted by Crippen LogP contribution is -2.08. The molecule has 1 unspecified atom stereocenters. The molecule has 104 valence electrons. The van der Waals surface area contributed by atoms with Crippen LogP contribution in [0.3, 0.4) is 0 Å². The molecule has 20 heavy (non-hydrogen) atoms. The van der Waals surface area contributed by atoms with Crippen LogP contribution in [0.25, 0.3) is 11.1 Å². The molecule has 2 N–H and O–H groups in total. The minimum atomic E-state index is -4.35. The maximum Gasteiger partial charge on any atom is 0.294 e. The molecule has 2 aromatic rings. The van der Waals surface area contributed by atoms with Crippen molar-refractivity contribution in [2.45, 2.75) is 24.3 Å². The van der Waals surface area contributed by atoms with Crippen molar-refractivity contribution in [1.29, 1.82) is 0 Å². The molecule has 0 radical (unpaired) electrons. The first kappa shape index (κ1) is 13.3. The van der Waals surface area contributed by atoms with Crippen molar-refractivity contribution < 1.29 is 18.1 Å². The van der Waals surface area contributed by atoms with Gasteiger partial charge in [0.05, 0.1) is 11.0 Å². The average Bonchev–Trinajstić information content (AvgIpc) is 2.74. The third-order valence-electron chi connectivity index (χ3n) is 3.69. The van der Waals surface area contributed by atoms with Gasteiger partial charge >= 0.3 is 0 Å². The maximum atomic E-state index is 11.5. The lowest BCUT2D eigenvalue weighted by atomic mass is 9.98. The molecule has 3 rings (SSSR count). The predicted octanol–water partition coefficient (Wildman–Crippen LogP) is 2.56. The van der Waals surface area contributed by atoms with E-state index in [1.165, 1.54) is 13.0 Å². The van der Waals surface area contributed by atoms with Gasteiger partial charge in [-0.3, -0.25) is 4.55 Å². The second kappa shape index (κ2) is 4.41. The van der Waals surface area contributed by atoms with Gasteiger partial charge in [-0.2, -0.15) is 8.42 Å². The van der Waals surface area contributed by atoms with Crippen LogP contribution in [-0.4, -0.2) is 18.1 Å². The van der Waals surface area contributed by atoms with Gasteiger partial charge in [-0.25, -0.2) is 0 Å². The van der Waals surface area contributed by atoms with Crippen molar-refractivity contribution in [1.82, 2.24) is 0 Å². The van der Waals surface area contributed by atoms with Crippen molar-refractivity contribution in [2.24, 2.45) is 0 Å². The lowest BCUT2D eigenvalue weighted by molar-refractivity contribution is 0.195. The van der Waals surface area contributed by atoms with Gasteiger partial charge in [0.15, 0.2) is 0 Å². The Morgan fingerprint density at radius 1 is 1.10 bits per heavy atom. The van der Waals surface area contributed by atoms with E-state index in [1.54, 1.807) is 6.07 Å². The first-order valence-corrected chi connectivity index (χ1v) is 7.73. The summed E-state index contributed by atoms with van der Waals surface area (Å²) in [5, 5.41) is 9.94. The SMILES string of the molecule is CC(O)c1c(S(=O)(=O)O)ccc2c1Cc1ccccc1-2. The average molecular weight is 290 g/mol. The number of rotatable bonds is 2. The zero-order chi connectivity index (χ0) is 14.5. The molecule has 0 saturated heterocycles. The van der Waals surface area contributed by atoms with Crippen LogP contribution in [-0.2, 0) is 16.5 Å². The summed E-state index contributed by atoms with van der Waals surface area (Å²) < 4.78 is 32.3. The molecule has 2 aromatic carbocycles. The zero-order valence-corrected chi connectivity index (χ0v) is 11.7. The van der Waals surface area contributed by atoms with Crippen LogP contribution in [0.5, 0.6) is 0 Å². The second-order valence-electron chi connectivity index (χ2n) is 4.99. The molecule has 0 spiro atoms. The van der Waals surface area contributed by atoms with E-state index in [0.29, 0.717) is 12.0 Å². The van der Waals surface area contributed by atoms with Crippen molar-refractivity contribution in [2.75, 3.05) is 0 Å². The number of aliphatic hydroxyl groups is 1. The third kappa shape index (κ3) is 1.95. The molecule has 0 heterocycles.